The quantitative estimate of drug-likeness (QED) is 0.609. The monoisotopic (exact) mass is 272 g/mol. The lowest BCUT2D eigenvalue weighted by molar-refractivity contribution is -0.182. The van der Waals surface area contributed by atoms with Gasteiger partial charge in [0.15, 0.2) is 5.92 Å². The van der Waals surface area contributed by atoms with Crippen LogP contribution in [-0.2, 0) is 19.1 Å². The van der Waals surface area contributed by atoms with Gasteiger partial charge in [0.1, 0.15) is 0 Å². The zero-order valence-corrected chi connectivity index (χ0v) is 12.0. The second-order valence-corrected chi connectivity index (χ2v) is 5.08. The Morgan fingerprint density at radius 2 is 1.74 bits per heavy atom. The zero-order chi connectivity index (χ0) is 14.5. The number of carbonyl (C=O) groups excluding carboxylic acids is 2. The van der Waals surface area contributed by atoms with Crippen molar-refractivity contribution in [3.05, 3.63) is 0 Å². The van der Waals surface area contributed by atoms with Gasteiger partial charge < -0.3 is 14.6 Å². The Bertz CT molecular complexity index is 310. The maximum atomic E-state index is 12.0. The summed E-state index contributed by atoms with van der Waals surface area (Å²) >= 11 is 0. The summed E-state index contributed by atoms with van der Waals surface area (Å²) in [5, 5.41) is 10.8. The van der Waals surface area contributed by atoms with E-state index in [2.05, 4.69) is 0 Å². The van der Waals surface area contributed by atoms with E-state index in [0.717, 1.165) is 19.3 Å². The highest BCUT2D eigenvalue weighted by atomic mass is 16.6. The molecule has 1 aliphatic carbocycles. The fourth-order valence-electron chi connectivity index (χ4n) is 2.74. The minimum Gasteiger partial charge on any atom is -0.465 e. The number of ether oxygens (including phenoxy) is 2. The van der Waals surface area contributed by atoms with E-state index >= 15 is 0 Å². The summed E-state index contributed by atoms with van der Waals surface area (Å²) < 4.78 is 9.88. The van der Waals surface area contributed by atoms with Crippen molar-refractivity contribution in [3.63, 3.8) is 0 Å². The minimum atomic E-state index is -1.35. The van der Waals surface area contributed by atoms with Crippen molar-refractivity contribution in [1.82, 2.24) is 0 Å². The van der Waals surface area contributed by atoms with Gasteiger partial charge in [0, 0.05) is 0 Å². The molecule has 1 rings (SSSR count). The fraction of sp³-hybridized carbons (Fsp3) is 0.857. The predicted molar refractivity (Wildman–Crippen MR) is 69.3 cm³/mol. The standard InChI is InChI=1S/C14H24O5/c1-4-18-12(15)11(13(16)19-5-2)14(17)9-7-6-8-10(14)3/h10-11,17H,4-9H2,1-3H3. The Hall–Kier alpha value is -1.10. The molecule has 0 saturated heterocycles. The van der Waals surface area contributed by atoms with E-state index in [9.17, 15) is 14.7 Å². The van der Waals surface area contributed by atoms with Gasteiger partial charge >= 0.3 is 11.9 Å². The second kappa shape index (κ2) is 6.89. The van der Waals surface area contributed by atoms with Crippen molar-refractivity contribution < 1.29 is 24.2 Å². The van der Waals surface area contributed by atoms with Crippen LogP contribution in [0, 0.1) is 11.8 Å². The van der Waals surface area contributed by atoms with E-state index in [0.29, 0.717) is 6.42 Å². The van der Waals surface area contributed by atoms with Gasteiger partial charge in [-0.3, -0.25) is 9.59 Å². The van der Waals surface area contributed by atoms with Crippen LogP contribution in [0.15, 0.2) is 0 Å². The smallest absolute Gasteiger partial charge is 0.323 e. The van der Waals surface area contributed by atoms with E-state index in [1.54, 1.807) is 13.8 Å². The largest absolute Gasteiger partial charge is 0.465 e. The Labute approximate surface area is 114 Å². The first kappa shape index (κ1) is 16.0. The Kier molecular flexibility index (Phi) is 5.79. The molecule has 19 heavy (non-hydrogen) atoms. The summed E-state index contributed by atoms with van der Waals surface area (Å²) in [6.07, 6.45) is 3.03. The Morgan fingerprint density at radius 3 is 2.16 bits per heavy atom. The summed E-state index contributed by atoms with van der Waals surface area (Å²) in [6, 6.07) is 0. The molecule has 0 heterocycles. The average molecular weight is 272 g/mol. The van der Waals surface area contributed by atoms with E-state index in [4.69, 9.17) is 9.47 Å². The lowest BCUT2D eigenvalue weighted by Crippen LogP contribution is -2.53. The average Bonchev–Trinajstić information content (AvgIpc) is 2.34. The first-order valence-electron chi connectivity index (χ1n) is 7.03. The number of esters is 2. The molecule has 0 aromatic carbocycles. The van der Waals surface area contributed by atoms with Crippen molar-refractivity contribution in [1.29, 1.82) is 0 Å². The number of hydrogen-bond acceptors (Lipinski definition) is 5. The molecular formula is C14H24O5. The van der Waals surface area contributed by atoms with E-state index < -0.39 is 23.5 Å². The molecule has 0 spiro atoms. The summed E-state index contributed by atoms with van der Waals surface area (Å²) in [5.41, 5.74) is -1.35. The highest BCUT2D eigenvalue weighted by Crippen LogP contribution is 2.40. The third-order valence-electron chi connectivity index (χ3n) is 3.86. The third kappa shape index (κ3) is 3.47. The van der Waals surface area contributed by atoms with Gasteiger partial charge in [-0.1, -0.05) is 19.8 Å². The molecule has 1 aliphatic rings. The SMILES string of the molecule is CCOC(=O)C(C(=O)OCC)C1(O)CCCCC1C. The van der Waals surface area contributed by atoms with Gasteiger partial charge in [-0.2, -0.15) is 0 Å². The molecule has 2 unspecified atom stereocenters. The van der Waals surface area contributed by atoms with E-state index in [-0.39, 0.29) is 19.1 Å². The maximum Gasteiger partial charge on any atom is 0.323 e. The van der Waals surface area contributed by atoms with Gasteiger partial charge in [-0.05, 0) is 32.6 Å². The van der Waals surface area contributed by atoms with Crippen molar-refractivity contribution in [2.75, 3.05) is 13.2 Å². The maximum absolute atomic E-state index is 12.0. The van der Waals surface area contributed by atoms with Crippen molar-refractivity contribution in [3.8, 4) is 0 Å². The Balaban J connectivity index is 2.99. The van der Waals surface area contributed by atoms with Gasteiger partial charge in [0.25, 0.3) is 0 Å². The summed E-state index contributed by atoms with van der Waals surface area (Å²) in [6.45, 7) is 5.58. The topological polar surface area (TPSA) is 72.8 Å². The van der Waals surface area contributed by atoms with Gasteiger partial charge in [0.05, 0.1) is 18.8 Å². The third-order valence-corrected chi connectivity index (χ3v) is 3.86. The lowest BCUT2D eigenvalue weighted by Gasteiger charge is -2.41. The predicted octanol–water partition coefficient (Wildman–Crippen LogP) is 1.67. The highest BCUT2D eigenvalue weighted by Gasteiger charge is 2.52. The molecule has 1 fully saturated rings. The first-order valence-corrected chi connectivity index (χ1v) is 7.03. The number of carbonyl (C=O) groups is 2. The number of rotatable bonds is 5. The molecule has 0 radical (unpaired) electrons. The van der Waals surface area contributed by atoms with Gasteiger partial charge in [-0.15, -0.1) is 0 Å². The van der Waals surface area contributed by atoms with Crippen molar-refractivity contribution >= 4 is 11.9 Å². The lowest BCUT2D eigenvalue weighted by atomic mass is 9.69. The number of hydrogen-bond donors (Lipinski definition) is 1. The summed E-state index contributed by atoms with van der Waals surface area (Å²) in [7, 11) is 0. The molecule has 1 saturated carbocycles. The molecule has 5 heteroatoms. The van der Waals surface area contributed by atoms with Crippen LogP contribution in [-0.4, -0.2) is 35.9 Å². The first-order chi connectivity index (χ1) is 8.97. The van der Waals surface area contributed by atoms with Gasteiger partial charge in [0.2, 0.25) is 0 Å². The number of aliphatic hydroxyl groups is 1. The van der Waals surface area contributed by atoms with Crippen LogP contribution in [0.4, 0.5) is 0 Å². The molecule has 110 valence electrons. The van der Waals surface area contributed by atoms with E-state index in [1.165, 1.54) is 0 Å². The molecular weight excluding hydrogens is 248 g/mol. The molecule has 0 aromatic rings. The summed E-state index contributed by atoms with van der Waals surface area (Å²) in [5.74, 6) is -2.72. The van der Waals surface area contributed by atoms with Crippen LogP contribution in [0.2, 0.25) is 0 Å². The van der Waals surface area contributed by atoms with Gasteiger partial charge in [-0.25, -0.2) is 0 Å². The van der Waals surface area contributed by atoms with Crippen LogP contribution in [0.5, 0.6) is 0 Å². The second-order valence-electron chi connectivity index (χ2n) is 5.08. The molecule has 0 aromatic heterocycles. The highest BCUT2D eigenvalue weighted by molar-refractivity contribution is 5.96. The molecule has 0 amide bonds. The molecule has 2 atom stereocenters. The molecule has 5 nitrogen and oxygen atoms in total. The zero-order valence-electron chi connectivity index (χ0n) is 12.0. The minimum absolute atomic E-state index is 0.125. The van der Waals surface area contributed by atoms with E-state index in [1.807, 2.05) is 6.92 Å². The van der Waals surface area contributed by atoms with Crippen molar-refractivity contribution in [2.24, 2.45) is 11.8 Å². The molecule has 0 bridgehead atoms. The van der Waals surface area contributed by atoms with Crippen LogP contribution in [0.3, 0.4) is 0 Å². The normalized spacial score (nSPS) is 27.1. The van der Waals surface area contributed by atoms with Crippen molar-refractivity contribution in [2.45, 2.75) is 52.1 Å². The summed E-state index contributed by atoms with van der Waals surface area (Å²) in [4.78, 5) is 24.1. The molecule has 0 aliphatic heterocycles. The van der Waals surface area contributed by atoms with Crippen LogP contribution < -0.4 is 0 Å². The van der Waals surface area contributed by atoms with Crippen LogP contribution >= 0.6 is 0 Å². The van der Waals surface area contributed by atoms with Crippen LogP contribution in [0.25, 0.3) is 0 Å². The Morgan fingerprint density at radius 1 is 1.21 bits per heavy atom. The van der Waals surface area contributed by atoms with Crippen LogP contribution in [0.1, 0.15) is 46.5 Å². The fourth-order valence-corrected chi connectivity index (χ4v) is 2.74. The molecule has 1 N–H and O–H groups in total.